The molecule has 37 heavy (non-hydrogen) atoms. The van der Waals surface area contributed by atoms with Gasteiger partial charge in [-0.05, 0) is 49.2 Å². The van der Waals surface area contributed by atoms with Gasteiger partial charge in [0.2, 0.25) is 0 Å². The third kappa shape index (κ3) is 4.71. The van der Waals surface area contributed by atoms with Crippen LogP contribution in [-0.2, 0) is 10.1 Å². The number of aromatic nitrogens is 1. The fourth-order valence-electron chi connectivity index (χ4n) is 4.36. The zero-order chi connectivity index (χ0) is 26.0. The molecule has 0 N–H and O–H groups in total. The first-order valence-corrected chi connectivity index (χ1v) is 13.2. The van der Waals surface area contributed by atoms with Crippen molar-refractivity contribution >= 4 is 10.1 Å². The second-order valence-electron chi connectivity index (χ2n) is 8.74. The number of hydrogen-bond acceptors (Lipinski definition) is 4. The van der Waals surface area contributed by atoms with Crippen LogP contribution in [0.4, 0.5) is 0 Å². The van der Waals surface area contributed by atoms with Crippen LogP contribution in [0.2, 0.25) is 0 Å². The van der Waals surface area contributed by atoms with E-state index in [0.717, 1.165) is 11.1 Å². The number of nitrogens with zero attached hydrogens (tertiary/aromatic N) is 1. The molecule has 184 valence electrons. The van der Waals surface area contributed by atoms with Gasteiger partial charge in [-0.15, -0.1) is 0 Å². The Morgan fingerprint density at radius 3 is 1.73 bits per heavy atom. The Labute approximate surface area is 216 Å². The summed E-state index contributed by atoms with van der Waals surface area (Å²) in [5.41, 5.74) is 3.81. The van der Waals surface area contributed by atoms with Crippen LogP contribution >= 0.6 is 0 Å². The average Bonchev–Trinajstić information content (AvgIpc) is 2.92. The van der Waals surface area contributed by atoms with Gasteiger partial charge in [0.15, 0.2) is 5.75 Å². The zero-order valence-electron chi connectivity index (χ0n) is 20.5. The smallest absolute Gasteiger partial charge is 0.339 e. The molecule has 0 amide bonds. The van der Waals surface area contributed by atoms with Crippen molar-refractivity contribution in [2.45, 2.75) is 18.7 Å². The molecule has 6 heteroatoms. The van der Waals surface area contributed by atoms with Crippen LogP contribution in [0.25, 0.3) is 28.1 Å². The lowest BCUT2D eigenvalue weighted by atomic mass is 9.98. The van der Waals surface area contributed by atoms with E-state index in [-0.39, 0.29) is 21.8 Å². The maximum atomic E-state index is 14.3. The van der Waals surface area contributed by atoms with Gasteiger partial charge in [-0.25, -0.2) is 0 Å². The van der Waals surface area contributed by atoms with Crippen LogP contribution in [0, 0.1) is 13.8 Å². The minimum absolute atomic E-state index is 0.0165. The van der Waals surface area contributed by atoms with Crippen LogP contribution in [0.3, 0.4) is 0 Å². The van der Waals surface area contributed by atoms with Crippen molar-refractivity contribution in [2.75, 3.05) is 0 Å². The Morgan fingerprint density at radius 1 is 0.649 bits per heavy atom. The van der Waals surface area contributed by atoms with Crippen molar-refractivity contribution in [1.82, 2.24) is 4.57 Å². The van der Waals surface area contributed by atoms with Crippen molar-refractivity contribution in [2.24, 2.45) is 0 Å². The van der Waals surface area contributed by atoms with Crippen LogP contribution in [0.1, 0.15) is 11.1 Å². The monoisotopic (exact) mass is 507 g/mol. The molecule has 0 aliphatic carbocycles. The van der Waals surface area contributed by atoms with E-state index in [9.17, 15) is 13.2 Å². The maximum Gasteiger partial charge on any atom is 0.339 e. The molecule has 5 nitrogen and oxygen atoms in total. The molecule has 0 atom stereocenters. The molecule has 0 saturated carbocycles. The van der Waals surface area contributed by atoms with E-state index in [1.165, 1.54) is 12.1 Å². The van der Waals surface area contributed by atoms with E-state index in [1.54, 1.807) is 47.9 Å². The Hall–Kier alpha value is -4.42. The number of aryl methyl sites for hydroxylation is 1. The molecular formula is C31H25NO4S. The first-order chi connectivity index (χ1) is 17.9. The van der Waals surface area contributed by atoms with Crippen LogP contribution in [0.15, 0.2) is 125 Å². The SMILES string of the molecule is Cc1ccc(S(=O)(=O)Oc2c(C)c(-c3ccccc3)n(-c3ccccc3)c(=O)c2-c2ccccc2)cc1. The predicted molar refractivity (Wildman–Crippen MR) is 147 cm³/mol. The van der Waals surface area contributed by atoms with Gasteiger partial charge in [0.05, 0.1) is 11.3 Å². The Balaban J connectivity index is 1.86. The Morgan fingerprint density at radius 2 is 1.16 bits per heavy atom. The van der Waals surface area contributed by atoms with Crippen LogP contribution in [0.5, 0.6) is 5.75 Å². The quantitative estimate of drug-likeness (QED) is 0.244. The van der Waals surface area contributed by atoms with Crippen LogP contribution in [-0.4, -0.2) is 13.0 Å². The molecule has 0 aliphatic heterocycles. The van der Waals surface area contributed by atoms with Gasteiger partial charge in [-0.3, -0.25) is 9.36 Å². The van der Waals surface area contributed by atoms with Crippen molar-refractivity contribution < 1.29 is 12.6 Å². The molecule has 0 saturated heterocycles. The lowest BCUT2D eigenvalue weighted by Gasteiger charge is -2.22. The predicted octanol–water partition coefficient (Wildman–Crippen LogP) is 6.56. The summed E-state index contributed by atoms with van der Waals surface area (Å²) in [6.07, 6.45) is 0. The summed E-state index contributed by atoms with van der Waals surface area (Å²) >= 11 is 0. The van der Waals surface area contributed by atoms with E-state index < -0.39 is 10.1 Å². The molecule has 1 heterocycles. The third-order valence-corrected chi connectivity index (χ3v) is 7.43. The second-order valence-corrected chi connectivity index (χ2v) is 10.3. The highest BCUT2D eigenvalue weighted by Crippen LogP contribution is 2.38. The topological polar surface area (TPSA) is 65.4 Å². The van der Waals surface area contributed by atoms with E-state index >= 15 is 0 Å². The number of benzene rings is 4. The van der Waals surface area contributed by atoms with Crippen molar-refractivity contribution in [1.29, 1.82) is 0 Å². The average molecular weight is 508 g/mol. The van der Waals surface area contributed by atoms with E-state index in [2.05, 4.69) is 0 Å². The second kappa shape index (κ2) is 9.91. The number of hydrogen-bond donors (Lipinski definition) is 0. The molecule has 0 radical (unpaired) electrons. The Bertz CT molecular complexity index is 1710. The molecule has 0 unspecified atom stereocenters. The minimum atomic E-state index is -4.22. The van der Waals surface area contributed by atoms with Crippen LogP contribution < -0.4 is 9.74 Å². The fourth-order valence-corrected chi connectivity index (χ4v) is 5.36. The summed E-state index contributed by atoms with van der Waals surface area (Å²) in [5.74, 6) is 0.0165. The minimum Gasteiger partial charge on any atom is -0.378 e. The van der Waals surface area contributed by atoms with E-state index in [4.69, 9.17) is 4.18 Å². The molecule has 4 aromatic carbocycles. The number of pyridine rings is 1. The fraction of sp³-hybridized carbons (Fsp3) is 0.0645. The summed E-state index contributed by atoms with van der Waals surface area (Å²) < 4.78 is 34.3. The lowest BCUT2D eigenvalue weighted by molar-refractivity contribution is 0.484. The van der Waals surface area contributed by atoms with Gasteiger partial charge < -0.3 is 4.18 Å². The lowest BCUT2D eigenvalue weighted by Crippen LogP contribution is -2.25. The third-order valence-electron chi connectivity index (χ3n) is 6.19. The maximum absolute atomic E-state index is 14.3. The molecule has 1 aromatic heterocycles. The molecule has 0 bridgehead atoms. The number of rotatable bonds is 6. The van der Waals surface area contributed by atoms with Gasteiger partial charge >= 0.3 is 10.1 Å². The van der Waals surface area contributed by atoms with Gasteiger partial charge in [0, 0.05) is 11.3 Å². The first-order valence-electron chi connectivity index (χ1n) is 11.8. The highest BCUT2D eigenvalue weighted by molar-refractivity contribution is 7.87. The molecule has 0 aliphatic rings. The van der Waals surface area contributed by atoms with Crippen molar-refractivity contribution in [3.8, 4) is 33.8 Å². The summed E-state index contributed by atoms with van der Waals surface area (Å²) in [7, 11) is -4.22. The normalized spacial score (nSPS) is 11.3. The molecule has 0 spiro atoms. The van der Waals surface area contributed by atoms with Crippen molar-refractivity contribution in [3.63, 3.8) is 0 Å². The number of para-hydroxylation sites is 1. The highest BCUT2D eigenvalue weighted by Gasteiger charge is 2.28. The highest BCUT2D eigenvalue weighted by atomic mass is 32.2. The van der Waals surface area contributed by atoms with Gasteiger partial charge in [0.25, 0.3) is 5.56 Å². The molecular weight excluding hydrogens is 482 g/mol. The Kier molecular flexibility index (Phi) is 6.51. The summed E-state index contributed by atoms with van der Waals surface area (Å²) in [4.78, 5) is 14.3. The molecule has 5 rings (SSSR count). The molecule has 0 fully saturated rings. The first kappa shape index (κ1) is 24.3. The molecule has 5 aromatic rings. The van der Waals surface area contributed by atoms with E-state index in [0.29, 0.717) is 22.5 Å². The standard InChI is InChI=1S/C31H25NO4S/c1-22-18-20-27(21-19-22)37(34,35)36-30-23(2)29(25-14-8-4-9-15-25)32(26-16-10-5-11-17-26)31(33)28(30)24-12-6-3-7-13-24/h3-21H,1-2H3. The zero-order valence-corrected chi connectivity index (χ0v) is 21.3. The van der Waals surface area contributed by atoms with Crippen molar-refractivity contribution in [3.05, 3.63) is 137 Å². The summed E-state index contributed by atoms with van der Waals surface area (Å²) in [6.45, 7) is 3.66. The van der Waals surface area contributed by atoms with Gasteiger partial charge in [0.1, 0.15) is 4.90 Å². The summed E-state index contributed by atoms with van der Waals surface area (Å²) in [5, 5.41) is 0. The largest absolute Gasteiger partial charge is 0.378 e. The van der Waals surface area contributed by atoms with Gasteiger partial charge in [-0.2, -0.15) is 8.42 Å². The van der Waals surface area contributed by atoms with Gasteiger partial charge in [-0.1, -0.05) is 96.6 Å². The summed E-state index contributed by atoms with van der Waals surface area (Å²) in [6, 6.07) is 34.2. The van der Waals surface area contributed by atoms with E-state index in [1.807, 2.05) is 73.7 Å².